The molecule has 2 aromatic rings. The first-order valence-corrected chi connectivity index (χ1v) is 7.06. The maximum absolute atomic E-state index is 12.6. The molecular weight excluding hydrogens is 301 g/mol. The van der Waals surface area contributed by atoms with Crippen LogP contribution in [0.4, 0.5) is 4.39 Å². The van der Waals surface area contributed by atoms with Gasteiger partial charge in [0.15, 0.2) is 11.7 Å². The Hall–Kier alpha value is -2.70. The molecule has 0 bridgehead atoms. The molecule has 0 radical (unpaired) electrons. The van der Waals surface area contributed by atoms with Crippen LogP contribution in [0.25, 0.3) is 5.69 Å². The molecule has 0 fully saturated rings. The normalized spacial score (nSPS) is 12.0. The van der Waals surface area contributed by atoms with Crippen molar-refractivity contribution in [2.45, 2.75) is 26.8 Å². The number of hydrogen-bond donors (Lipinski definition) is 2. The van der Waals surface area contributed by atoms with Gasteiger partial charge in [0, 0.05) is 5.69 Å². The van der Waals surface area contributed by atoms with Crippen LogP contribution in [0.1, 0.15) is 27.3 Å². The summed E-state index contributed by atoms with van der Waals surface area (Å²) < 4.78 is 14.2. The average molecular weight is 319 g/mol. The van der Waals surface area contributed by atoms with Crippen LogP contribution in [0.3, 0.4) is 0 Å². The smallest absolute Gasteiger partial charge is 0.328 e. The van der Waals surface area contributed by atoms with Gasteiger partial charge in [-0.2, -0.15) is 5.10 Å². The number of nitrogens with zero attached hydrogens (tertiary/aromatic N) is 2. The van der Waals surface area contributed by atoms with Crippen LogP contribution in [0.15, 0.2) is 24.3 Å². The molecule has 1 aromatic carbocycles. The van der Waals surface area contributed by atoms with E-state index in [1.165, 1.54) is 6.07 Å². The number of hydrogen-bond acceptors (Lipinski definition) is 3. The van der Waals surface area contributed by atoms with Crippen molar-refractivity contribution in [1.29, 1.82) is 0 Å². The molecule has 0 aliphatic heterocycles. The number of carbonyl (C=O) groups excluding carboxylic acids is 1. The highest BCUT2D eigenvalue weighted by atomic mass is 19.1. The van der Waals surface area contributed by atoms with Crippen molar-refractivity contribution in [3.8, 4) is 5.69 Å². The van der Waals surface area contributed by atoms with Crippen molar-refractivity contribution in [1.82, 2.24) is 15.1 Å². The minimum atomic E-state index is -1.57. The van der Waals surface area contributed by atoms with E-state index < -0.39 is 24.6 Å². The number of carboxylic acid groups (broad SMARTS) is 1. The quantitative estimate of drug-likeness (QED) is 0.882. The maximum atomic E-state index is 12.6. The number of nitrogens with one attached hydrogen (secondary N) is 1. The summed E-state index contributed by atoms with van der Waals surface area (Å²) in [6, 6.07) is 5.83. The van der Waals surface area contributed by atoms with Gasteiger partial charge in [0.05, 0.1) is 5.69 Å². The van der Waals surface area contributed by atoms with Crippen LogP contribution >= 0.6 is 0 Å². The molecule has 1 atom stereocenters. The van der Waals surface area contributed by atoms with Crippen molar-refractivity contribution in [2.75, 3.05) is 6.67 Å². The Balaban J connectivity index is 2.30. The molecule has 7 heteroatoms. The van der Waals surface area contributed by atoms with Gasteiger partial charge < -0.3 is 10.4 Å². The molecule has 122 valence electrons. The zero-order valence-electron chi connectivity index (χ0n) is 13.1. The lowest BCUT2D eigenvalue weighted by Crippen LogP contribution is -2.42. The number of aryl methyl sites for hydroxylation is 3. The molecule has 23 heavy (non-hydrogen) atoms. The summed E-state index contributed by atoms with van der Waals surface area (Å²) in [5, 5.41) is 15.1. The van der Waals surface area contributed by atoms with Gasteiger partial charge in [0.25, 0.3) is 5.91 Å². The Morgan fingerprint density at radius 2 is 1.83 bits per heavy atom. The van der Waals surface area contributed by atoms with E-state index >= 15 is 0 Å². The molecule has 1 aromatic heterocycles. The lowest BCUT2D eigenvalue weighted by Gasteiger charge is -2.09. The summed E-state index contributed by atoms with van der Waals surface area (Å²) in [5.74, 6) is -2.15. The minimum absolute atomic E-state index is 0.0429. The monoisotopic (exact) mass is 319 g/mol. The van der Waals surface area contributed by atoms with E-state index in [0.29, 0.717) is 5.69 Å². The standard InChI is InChI=1S/C16H18FN3O3/c1-9-4-10(2)6-12(5-9)20-11(3)7-13(19-20)15(21)18-14(8-17)16(22)23/h4-7,14H,8H2,1-3H3,(H,18,21)(H,22,23). The number of aromatic nitrogens is 2. The van der Waals surface area contributed by atoms with Crippen LogP contribution in [0.5, 0.6) is 0 Å². The first-order valence-electron chi connectivity index (χ1n) is 7.06. The first kappa shape index (κ1) is 16.7. The highest BCUT2D eigenvalue weighted by Gasteiger charge is 2.22. The lowest BCUT2D eigenvalue weighted by atomic mass is 10.1. The van der Waals surface area contributed by atoms with E-state index in [1.807, 2.05) is 32.0 Å². The zero-order chi connectivity index (χ0) is 17.1. The average Bonchev–Trinajstić information content (AvgIpc) is 2.85. The third-order valence-corrected chi connectivity index (χ3v) is 3.33. The molecule has 1 heterocycles. The number of alkyl halides is 1. The summed E-state index contributed by atoms with van der Waals surface area (Å²) in [6.07, 6.45) is 0. The van der Waals surface area contributed by atoms with Crippen LogP contribution in [-0.4, -0.2) is 39.5 Å². The number of halogens is 1. The summed E-state index contributed by atoms with van der Waals surface area (Å²) >= 11 is 0. The Bertz CT molecular complexity index is 735. The van der Waals surface area contributed by atoms with Gasteiger partial charge in [-0.15, -0.1) is 0 Å². The Kier molecular flexibility index (Phi) is 4.78. The molecule has 0 aliphatic carbocycles. The Morgan fingerprint density at radius 1 is 1.22 bits per heavy atom. The number of aliphatic carboxylic acids is 1. The molecule has 1 amide bonds. The van der Waals surface area contributed by atoms with Crippen LogP contribution in [0.2, 0.25) is 0 Å². The Labute approximate surface area is 132 Å². The highest BCUT2D eigenvalue weighted by molar-refractivity contribution is 5.95. The third-order valence-electron chi connectivity index (χ3n) is 3.33. The van der Waals surface area contributed by atoms with Crippen LogP contribution in [0, 0.1) is 20.8 Å². The third kappa shape index (κ3) is 3.74. The van der Waals surface area contributed by atoms with Crippen molar-refractivity contribution in [2.24, 2.45) is 0 Å². The van der Waals surface area contributed by atoms with Gasteiger partial charge in [-0.25, -0.2) is 13.9 Å². The second kappa shape index (κ2) is 6.60. The number of benzene rings is 1. The number of rotatable bonds is 5. The molecule has 0 saturated carbocycles. The fraction of sp³-hybridized carbons (Fsp3) is 0.312. The van der Waals surface area contributed by atoms with Crippen LogP contribution in [-0.2, 0) is 4.79 Å². The maximum Gasteiger partial charge on any atom is 0.328 e. The van der Waals surface area contributed by atoms with Gasteiger partial charge in [-0.3, -0.25) is 4.79 Å². The first-order chi connectivity index (χ1) is 10.8. The zero-order valence-corrected chi connectivity index (χ0v) is 13.1. The summed E-state index contributed by atoms with van der Waals surface area (Å²) in [5.41, 5.74) is 3.68. The van der Waals surface area contributed by atoms with Crippen molar-refractivity contribution >= 4 is 11.9 Å². The number of carbonyl (C=O) groups is 2. The van der Waals surface area contributed by atoms with Gasteiger partial charge >= 0.3 is 5.97 Å². The summed E-state index contributed by atoms with van der Waals surface area (Å²) in [4.78, 5) is 22.8. The molecule has 1 unspecified atom stereocenters. The molecule has 0 aliphatic rings. The molecule has 2 N–H and O–H groups in total. The predicted octanol–water partition coefficient (Wildman–Crippen LogP) is 1.95. The second-order valence-corrected chi connectivity index (χ2v) is 5.45. The number of carboxylic acids is 1. The van der Waals surface area contributed by atoms with E-state index in [1.54, 1.807) is 11.6 Å². The van der Waals surface area contributed by atoms with Crippen molar-refractivity contribution < 1.29 is 19.1 Å². The largest absolute Gasteiger partial charge is 0.480 e. The van der Waals surface area contributed by atoms with Gasteiger partial charge in [-0.1, -0.05) is 6.07 Å². The van der Waals surface area contributed by atoms with Crippen molar-refractivity contribution in [3.63, 3.8) is 0 Å². The summed E-state index contributed by atoms with van der Waals surface area (Å²) in [7, 11) is 0. The fourth-order valence-electron chi connectivity index (χ4n) is 2.32. The van der Waals surface area contributed by atoms with E-state index in [0.717, 1.165) is 16.8 Å². The second-order valence-electron chi connectivity index (χ2n) is 5.45. The lowest BCUT2D eigenvalue weighted by molar-refractivity contribution is -0.139. The number of amides is 1. The van der Waals surface area contributed by atoms with E-state index in [9.17, 15) is 14.0 Å². The van der Waals surface area contributed by atoms with Crippen molar-refractivity contribution in [3.05, 3.63) is 46.8 Å². The topological polar surface area (TPSA) is 84.2 Å². The molecule has 6 nitrogen and oxygen atoms in total. The van der Waals surface area contributed by atoms with E-state index in [-0.39, 0.29) is 5.69 Å². The minimum Gasteiger partial charge on any atom is -0.480 e. The predicted molar refractivity (Wildman–Crippen MR) is 82.6 cm³/mol. The molecule has 0 saturated heterocycles. The fourth-order valence-corrected chi connectivity index (χ4v) is 2.32. The van der Waals surface area contributed by atoms with Crippen LogP contribution < -0.4 is 5.32 Å². The van der Waals surface area contributed by atoms with E-state index in [4.69, 9.17) is 5.11 Å². The molecule has 2 rings (SSSR count). The Morgan fingerprint density at radius 3 is 2.35 bits per heavy atom. The molecule has 0 spiro atoms. The highest BCUT2D eigenvalue weighted by Crippen LogP contribution is 2.16. The van der Waals surface area contributed by atoms with E-state index in [2.05, 4.69) is 10.4 Å². The van der Waals surface area contributed by atoms with Gasteiger partial charge in [0.2, 0.25) is 0 Å². The van der Waals surface area contributed by atoms with Gasteiger partial charge in [-0.05, 0) is 50.1 Å². The SMILES string of the molecule is Cc1cc(C)cc(-n2nc(C(=O)NC(CF)C(=O)O)cc2C)c1. The van der Waals surface area contributed by atoms with Gasteiger partial charge in [0.1, 0.15) is 6.67 Å². The molecular formula is C16H18FN3O3. The summed E-state index contributed by atoms with van der Waals surface area (Å²) in [6.45, 7) is 4.52.